The van der Waals surface area contributed by atoms with Gasteiger partial charge in [-0.15, -0.1) is 0 Å². The number of carbonyl (C=O) groups is 1. The molecule has 4 aliphatic rings. The molecule has 2 N–H and O–H groups in total. The average molecular weight is 553 g/mol. The van der Waals surface area contributed by atoms with Crippen LogP contribution in [0.25, 0.3) is 0 Å². The normalized spacial score (nSPS) is 41.7. The highest BCUT2D eigenvalue weighted by Gasteiger charge is 2.64. The molecule has 0 saturated heterocycles. The summed E-state index contributed by atoms with van der Waals surface area (Å²) in [7, 11) is -1.67. The van der Waals surface area contributed by atoms with Gasteiger partial charge in [0.1, 0.15) is 0 Å². The molecule has 4 rings (SSSR count). The number of methoxy groups -OCH3 is 1. The van der Waals surface area contributed by atoms with E-state index >= 15 is 0 Å². The predicted molar refractivity (Wildman–Crippen MR) is 155 cm³/mol. The van der Waals surface area contributed by atoms with Crippen molar-refractivity contribution in [3.05, 3.63) is 0 Å². The van der Waals surface area contributed by atoms with E-state index in [0.29, 0.717) is 48.1 Å². The van der Waals surface area contributed by atoms with Gasteiger partial charge < -0.3 is 15.4 Å². The first-order valence-corrected chi connectivity index (χ1v) is 17.5. The van der Waals surface area contributed by atoms with Crippen LogP contribution in [0.3, 0.4) is 0 Å². The summed E-state index contributed by atoms with van der Waals surface area (Å²) in [6, 6.07) is 0.999. The fourth-order valence-electron chi connectivity index (χ4n) is 10.1. The Kier molecular flexibility index (Phi) is 9.31. The number of fused-ring (bicyclic) bond motifs is 5. The second-order valence-corrected chi connectivity index (χ2v) is 16.7. The highest BCUT2D eigenvalue weighted by Crippen LogP contribution is 2.69. The molecule has 0 aromatic rings. The van der Waals surface area contributed by atoms with E-state index in [4.69, 9.17) is 4.74 Å². The van der Waals surface area contributed by atoms with E-state index in [1.807, 2.05) is 0 Å². The van der Waals surface area contributed by atoms with Gasteiger partial charge in [-0.3, -0.25) is 4.79 Å². The Bertz CT molecular complexity index is 938. The molecule has 38 heavy (non-hydrogen) atoms. The molecule has 10 unspecified atom stereocenters. The zero-order valence-corrected chi connectivity index (χ0v) is 26.0. The van der Waals surface area contributed by atoms with Crippen molar-refractivity contribution in [1.82, 2.24) is 10.6 Å². The fourth-order valence-corrected chi connectivity index (χ4v) is 11.6. The standard InChI is InChI=1S/C31H56N2O4S/c1-20(2)32-16-17-33-23-12-14-30(4)22(18-23)19-27(38(7,35)36)29-25-10-9-24(21(3)8-11-28(34)37-6)31(25,5)15-13-26(29)30/h20-27,29,32-33H,8-19H2,1-7H3. The first kappa shape index (κ1) is 30.3. The van der Waals surface area contributed by atoms with E-state index in [9.17, 15) is 13.2 Å². The molecule has 4 aliphatic carbocycles. The summed E-state index contributed by atoms with van der Waals surface area (Å²) in [6.45, 7) is 13.6. The van der Waals surface area contributed by atoms with Crippen LogP contribution >= 0.6 is 0 Å². The van der Waals surface area contributed by atoms with Crippen LogP contribution in [0.15, 0.2) is 0 Å². The molecule has 0 radical (unpaired) electrons. The van der Waals surface area contributed by atoms with Crippen LogP contribution in [0.2, 0.25) is 0 Å². The third kappa shape index (κ3) is 5.86. The van der Waals surface area contributed by atoms with Crippen molar-refractivity contribution in [2.24, 2.45) is 46.3 Å². The summed E-state index contributed by atoms with van der Waals surface area (Å²) < 4.78 is 31.7. The van der Waals surface area contributed by atoms with Gasteiger partial charge in [-0.25, -0.2) is 8.42 Å². The van der Waals surface area contributed by atoms with E-state index in [1.165, 1.54) is 39.0 Å². The van der Waals surface area contributed by atoms with Crippen LogP contribution in [0, 0.1) is 46.3 Å². The van der Waals surface area contributed by atoms with Gasteiger partial charge in [0.05, 0.1) is 12.4 Å². The molecule has 0 bridgehead atoms. The maximum absolute atomic E-state index is 13.4. The largest absolute Gasteiger partial charge is 0.469 e. The zero-order chi connectivity index (χ0) is 27.9. The average Bonchev–Trinajstić information content (AvgIpc) is 3.21. The maximum Gasteiger partial charge on any atom is 0.305 e. The monoisotopic (exact) mass is 552 g/mol. The second kappa shape index (κ2) is 11.7. The van der Waals surface area contributed by atoms with Gasteiger partial charge >= 0.3 is 5.97 Å². The topological polar surface area (TPSA) is 84.5 Å². The Hall–Kier alpha value is -0.660. The number of carbonyl (C=O) groups excluding carboxylic acids is 1. The van der Waals surface area contributed by atoms with Crippen molar-refractivity contribution in [2.75, 3.05) is 26.5 Å². The van der Waals surface area contributed by atoms with Gasteiger partial charge in [0.25, 0.3) is 0 Å². The summed E-state index contributed by atoms with van der Waals surface area (Å²) in [5, 5.41) is 7.09. The number of rotatable bonds is 10. The number of esters is 1. The number of sulfone groups is 1. The summed E-state index contributed by atoms with van der Waals surface area (Å²) in [5.74, 6) is 2.63. The maximum atomic E-state index is 13.4. The molecule has 10 atom stereocenters. The van der Waals surface area contributed by atoms with Crippen molar-refractivity contribution >= 4 is 15.8 Å². The number of hydrogen-bond donors (Lipinski definition) is 2. The molecule has 0 aromatic carbocycles. The molecule has 4 fully saturated rings. The second-order valence-electron chi connectivity index (χ2n) is 14.5. The van der Waals surface area contributed by atoms with Gasteiger partial charge in [-0.2, -0.15) is 0 Å². The summed E-state index contributed by atoms with van der Waals surface area (Å²) >= 11 is 0. The molecular formula is C31H56N2O4S. The lowest BCUT2D eigenvalue weighted by molar-refractivity contribution is -0.141. The Balaban J connectivity index is 1.52. The lowest BCUT2D eigenvalue weighted by Crippen LogP contribution is -2.60. The molecule has 0 spiro atoms. The molecule has 0 aliphatic heterocycles. The minimum absolute atomic E-state index is 0.120. The lowest BCUT2D eigenvalue weighted by atomic mass is 9.44. The van der Waals surface area contributed by atoms with E-state index in [0.717, 1.165) is 45.2 Å². The van der Waals surface area contributed by atoms with Crippen molar-refractivity contribution in [3.8, 4) is 0 Å². The molecule has 220 valence electrons. The summed E-state index contributed by atoms with van der Waals surface area (Å²) in [5.41, 5.74) is 0.418. The first-order chi connectivity index (χ1) is 17.8. The Morgan fingerprint density at radius 1 is 0.974 bits per heavy atom. The van der Waals surface area contributed by atoms with E-state index in [1.54, 1.807) is 0 Å². The minimum atomic E-state index is -3.14. The number of ether oxygens (including phenoxy) is 1. The number of hydrogen-bond acceptors (Lipinski definition) is 6. The minimum Gasteiger partial charge on any atom is -0.469 e. The summed E-state index contributed by atoms with van der Waals surface area (Å²) in [6.07, 6.45) is 11.9. The Morgan fingerprint density at radius 2 is 1.66 bits per heavy atom. The highest BCUT2D eigenvalue weighted by molar-refractivity contribution is 7.91. The SMILES string of the molecule is COC(=O)CCC(C)C1CCC2C3C(CCC12C)C1(C)CCC(NCCNC(C)C)CC1CC3S(C)(=O)=O. The third-order valence-electron chi connectivity index (χ3n) is 12.1. The zero-order valence-electron chi connectivity index (χ0n) is 25.2. The van der Waals surface area contributed by atoms with Gasteiger partial charge in [0, 0.05) is 37.8 Å². The summed E-state index contributed by atoms with van der Waals surface area (Å²) in [4.78, 5) is 11.8. The third-order valence-corrected chi connectivity index (χ3v) is 13.7. The van der Waals surface area contributed by atoms with Crippen LogP contribution in [-0.4, -0.2) is 58.2 Å². The Labute approximate surface area is 233 Å². The van der Waals surface area contributed by atoms with Gasteiger partial charge in [-0.05, 0) is 104 Å². The van der Waals surface area contributed by atoms with Crippen LogP contribution < -0.4 is 10.6 Å². The highest BCUT2D eigenvalue weighted by atomic mass is 32.2. The molecule has 0 heterocycles. The van der Waals surface area contributed by atoms with Crippen LogP contribution in [0.5, 0.6) is 0 Å². The van der Waals surface area contributed by atoms with Crippen molar-refractivity contribution in [3.63, 3.8) is 0 Å². The quantitative estimate of drug-likeness (QED) is 0.286. The van der Waals surface area contributed by atoms with Crippen LogP contribution in [0.1, 0.15) is 98.8 Å². The molecule has 0 amide bonds. The smallest absolute Gasteiger partial charge is 0.305 e. The fraction of sp³-hybridized carbons (Fsp3) is 0.968. The van der Waals surface area contributed by atoms with Crippen molar-refractivity contribution in [1.29, 1.82) is 0 Å². The van der Waals surface area contributed by atoms with Crippen LogP contribution in [0.4, 0.5) is 0 Å². The van der Waals surface area contributed by atoms with Crippen molar-refractivity contribution in [2.45, 2.75) is 116 Å². The number of nitrogens with one attached hydrogen (secondary N) is 2. The van der Waals surface area contributed by atoms with Crippen molar-refractivity contribution < 1.29 is 17.9 Å². The molecule has 0 aromatic heterocycles. The lowest BCUT2D eigenvalue weighted by Gasteiger charge is -2.63. The Morgan fingerprint density at radius 3 is 2.32 bits per heavy atom. The molecule has 7 heteroatoms. The van der Waals surface area contributed by atoms with E-state index < -0.39 is 9.84 Å². The van der Waals surface area contributed by atoms with Gasteiger partial charge in [0.2, 0.25) is 0 Å². The van der Waals surface area contributed by atoms with Gasteiger partial charge in [0.15, 0.2) is 9.84 Å². The predicted octanol–water partition coefficient (Wildman–Crippen LogP) is 5.21. The van der Waals surface area contributed by atoms with E-state index in [-0.39, 0.29) is 28.0 Å². The molecular weight excluding hydrogens is 496 g/mol. The molecule has 6 nitrogen and oxygen atoms in total. The van der Waals surface area contributed by atoms with Crippen LogP contribution in [-0.2, 0) is 19.4 Å². The molecule has 4 saturated carbocycles. The first-order valence-electron chi connectivity index (χ1n) is 15.5. The van der Waals surface area contributed by atoms with E-state index in [2.05, 4.69) is 45.3 Å². The van der Waals surface area contributed by atoms with Gasteiger partial charge in [-0.1, -0.05) is 34.6 Å².